The smallest absolute Gasteiger partial charge is 0.138 e. The Morgan fingerprint density at radius 1 is 1.35 bits per heavy atom. The molecule has 20 heavy (non-hydrogen) atoms. The maximum atomic E-state index is 9.22. The highest BCUT2D eigenvalue weighted by atomic mass is 79.9. The highest BCUT2D eigenvalue weighted by molar-refractivity contribution is 9.10. The molecule has 0 unspecified atom stereocenters. The molecule has 3 nitrogen and oxygen atoms in total. The molecule has 1 aliphatic carbocycles. The predicted molar refractivity (Wildman–Crippen MR) is 82.9 cm³/mol. The normalized spacial score (nSPS) is 28.8. The van der Waals surface area contributed by atoms with E-state index in [9.17, 15) is 5.11 Å². The molecular formula is C16H20BrNO2. The second-order valence-corrected chi connectivity index (χ2v) is 6.39. The number of hydrogen-bond acceptors (Lipinski definition) is 3. The van der Waals surface area contributed by atoms with Gasteiger partial charge in [-0.05, 0) is 41.3 Å². The number of hydrogen-bond donors (Lipinski definition) is 2. The van der Waals surface area contributed by atoms with Crippen molar-refractivity contribution in [3.8, 4) is 5.75 Å². The Hall–Kier alpha value is -0.840. The van der Waals surface area contributed by atoms with Crippen LogP contribution in [0.1, 0.15) is 30.9 Å². The van der Waals surface area contributed by atoms with Crippen LogP contribution in [0.15, 0.2) is 34.8 Å². The van der Waals surface area contributed by atoms with E-state index in [1.54, 1.807) is 0 Å². The molecule has 4 heteroatoms. The summed E-state index contributed by atoms with van der Waals surface area (Å²) >= 11 is 3.58. The Balaban J connectivity index is 1.77. The van der Waals surface area contributed by atoms with E-state index in [-0.39, 0.29) is 6.61 Å². The Morgan fingerprint density at radius 3 is 3.05 bits per heavy atom. The number of nitrogens with one attached hydrogen (secondary N) is 1. The average molecular weight is 338 g/mol. The summed E-state index contributed by atoms with van der Waals surface area (Å²) in [4.78, 5) is 0. The number of rotatable bonds is 3. The third kappa shape index (κ3) is 2.92. The van der Waals surface area contributed by atoms with E-state index < -0.39 is 0 Å². The first-order valence-corrected chi connectivity index (χ1v) is 8.03. The van der Waals surface area contributed by atoms with E-state index in [2.05, 4.69) is 45.5 Å². The fourth-order valence-electron chi connectivity index (χ4n) is 3.03. The topological polar surface area (TPSA) is 41.5 Å². The summed E-state index contributed by atoms with van der Waals surface area (Å²) in [5.74, 6) is 1.28. The van der Waals surface area contributed by atoms with E-state index >= 15 is 0 Å². The fourth-order valence-corrected chi connectivity index (χ4v) is 3.53. The lowest BCUT2D eigenvalue weighted by molar-refractivity contribution is 0.244. The van der Waals surface area contributed by atoms with Crippen LogP contribution in [0.2, 0.25) is 0 Å². The molecule has 3 atom stereocenters. The van der Waals surface area contributed by atoms with Crippen molar-refractivity contribution in [2.75, 3.05) is 13.2 Å². The van der Waals surface area contributed by atoms with Crippen LogP contribution in [0, 0.1) is 5.92 Å². The zero-order chi connectivity index (χ0) is 13.9. The second kappa shape index (κ2) is 6.29. The van der Waals surface area contributed by atoms with Crippen molar-refractivity contribution in [3.63, 3.8) is 0 Å². The molecule has 1 aliphatic heterocycles. The minimum Gasteiger partial charge on any atom is -0.492 e. The lowest BCUT2D eigenvalue weighted by Gasteiger charge is -2.23. The van der Waals surface area contributed by atoms with Gasteiger partial charge in [0.05, 0.1) is 11.1 Å². The van der Waals surface area contributed by atoms with Gasteiger partial charge in [-0.1, -0.05) is 24.3 Å². The van der Waals surface area contributed by atoms with Crippen molar-refractivity contribution in [3.05, 3.63) is 40.4 Å². The predicted octanol–water partition coefficient (Wildman–Crippen LogP) is 3.19. The molecule has 1 aromatic rings. The molecule has 0 radical (unpaired) electrons. The van der Waals surface area contributed by atoms with Gasteiger partial charge in [0.1, 0.15) is 5.75 Å². The molecule has 0 aromatic heterocycles. The summed E-state index contributed by atoms with van der Waals surface area (Å²) in [7, 11) is 0. The Morgan fingerprint density at radius 2 is 2.25 bits per heavy atom. The molecule has 1 heterocycles. The summed E-state index contributed by atoms with van der Waals surface area (Å²) < 4.78 is 6.90. The number of halogens is 1. The zero-order valence-electron chi connectivity index (χ0n) is 11.4. The molecule has 1 aromatic carbocycles. The van der Waals surface area contributed by atoms with Gasteiger partial charge in [0.15, 0.2) is 0 Å². The van der Waals surface area contributed by atoms with Crippen LogP contribution in [-0.4, -0.2) is 24.4 Å². The number of aliphatic hydroxyl groups excluding tert-OH is 1. The molecule has 108 valence electrons. The van der Waals surface area contributed by atoms with Gasteiger partial charge in [-0.25, -0.2) is 0 Å². The van der Waals surface area contributed by atoms with Crippen LogP contribution in [0.25, 0.3) is 0 Å². The first-order chi connectivity index (χ1) is 9.78. The minimum atomic E-state index is 0.241. The second-order valence-electron chi connectivity index (χ2n) is 5.54. The molecule has 0 bridgehead atoms. The maximum absolute atomic E-state index is 9.22. The molecule has 0 spiro atoms. The van der Waals surface area contributed by atoms with Crippen LogP contribution in [0.5, 0.6) is 5.75 Å². The van der Waals surface area contributed by atoms with E-state index in [1.807, 2.05) is 6.07 Å². The molecule has 0 amide bonds. The van der Waals surface area contributed by atoms with E-state index in [0.29, 0.717) is 18.0 Å². The van der Waals surface area contributed by atoms with Crippen LogP contribution >= 0.6 is 15.9 Å². The number of para-hydroxylation sites is 1. The number of aliphatic hydroxyl groups is 1. The molecule has 3 rings (SSSR count). The van der Waals surface area contributed by atoms with Crippen molar-refractivity contribution in [1.29, 1.82) is 0 Å². The van der Waals surface area contributed by atoms with Crippen LogP contribution in [0.3, 0.4) is 0 Å². The van der Waals surface area contributed by atoms with Gasteiger partial charge in [0.25, 0.3) is 0 Å². The highest BCUT2D eigenvalue weighted by Gasteiger charge is 2.25. The van der Waals surface area contributed by atoms with Crippen molar-refractivity contribution >= 4 is 15.9 Å². The van der Waals surface area contributed by atoms with Gasteiger partial charge < -0.3 is 15.2 Å². The van der Waals surface area contributed by atoms with Gasteiger partial charge in [-0.3, -0.25) is 0 Å². The zero-order valence-corrected chi connectivity index (χ0v) is 13.0. The number of ether oxygens (including phenoxy) is 1. The standard InChI is InChI=1S/C16H20BrNO2/c17-14-4-1-3-13-15(5-2-8-20-16(13)14)18-12-7-6-11(9-12)10-19/h1,3-4,6-7,11-12,15,18-19H,2,5,8-10H2/t11-,12+,15+/m0/s1. The summed E-state index contributed by atoms with van der Waals surface area (Å²) in [6.45, 7) is 1.01. The quantitative estimate of drug-likeness (QED) is 0.832. The van der Waals surface area contributed by atoms with Crippen LogP contribution in [0.4, 0.5) is 0 Å². The molecule has 2 N–H and O–H groups in total. The Kier molecular flexibility index (Phi) is 4.44. The summed E-state index contributed by atoms with van der Waals surface area (Å²) in [6, 6.07) is 6.90. The number of fused-ring (bicyclic) bond motifs is 1. The third-order valence-electron chi connectivity index (χ3n) is 4.08. The lowest BCUT2D eigenvalue weighted by atomic mass is 10.00. The van der Waals surface area contributed by atoms with Crippen molar-refractivity contribution < 1.29 is 9.84 Å². The summed E-state index contributed by atoms with van der Waals surface area (Å²) in [6.07, 6.45) is 7.42. The molecular weight excluding hydrogens is 318 g/mol. The summed E-state index contributed by atoms with van der Waals surface area (Å²) in [5, 5.41) is 12.9. The van der Waals surface area contributed by atoms with Crippen molar-refractivity contribution in [2.45, 2.75) is 31.3 Å². The fraction of sp³-hybridized carbons (Fsp3) is 0.500. The van der Waals surface area contributed by atoms with Crippen molar-refractivity contribution in [1.82, 2.24) is 5.32 Å². The first-order valence-electron chi connectivity index (χ1n) is 7.24. The molecule has 0 fully saturated rings. The van der Waals surface area contributed by atoms with Gasteiger partial charge >= 0.3 is 0 Å². The van der Waals surface area contributed by atoms with E-state index in [1.165, 1.54) is 5.56 Å². The highest BCUT2D eigenvalue weighted by Crippen LogP contribution is 2.37. The van der Waals surface area contributed by atoms with Gasteiger partial charge in [0, 0.05) is 30.2 Å². The SMILES string of the molecule is OC[C@H]1C=C[C@@H](N[C@@H]2CCCOc3c(Br)cccc32)C1. The lowest BCUT2D eigenvalue weighted by Crippen LogP contribution is -2.30. The van der Waals surface area contributed by atoms with E-state index in [0.717, 1.165) is 36.1 Å². The maximum Gasteiger partial charge on any atom is 0.138 e. The van der Waals surface area contributed by atoms with Gasteiger partial charge in [-0.2, -0.15) is 0 Å². The summed E-state index contributed by atoms with van der Waals surface area (Å²) in [5.41, 5.74) is 1.23. The molecule has 0 saturated heterocycles. The molecule has 0 saturated carbocycles. The minimum absolute atomic E-state index is 0.241. The number of benzene rings is 1. The van der Waals surface area contributed by atoms with Crippen LogP contribution < -0.4 is 10.1 Å². The van der Waals surface area contributed by atoms with Gasteiger partial charge in [0.2, 0.25) is 0 Å². The van der Waals surface area contributed by atoms with Gasteiger partial charge in [-0.15, -0.1) is 0 Å². The Bertz CT molecular complexity index is 503. The molecule has 2 aliphatic rings. The third-order valence-corrected chi connectivity index (χ3v) is 4.70. The first kappa shape index (κ1) is 14.1. The van der Waals surface area contributed by atoms with E-state index in [4.69, 9.17) is 4.74 Å². The van der Waals surface area contributed by atoms with Crippen molar-refractivity contribution in [2.24, 2.45) is 5.92 Å². The van der Waals surface area contributed by atoms with Crippen LogP contribution in [-0.2, 0) is 0 Å². The largest absolute Gasteiger partial charge is 0.492 e. The monoisotopic (exact) mass is 337 g/mol. The average Bonchev–Trinajstić information content (AvgIpc) is 2.81. The Labute approximate surface area is 128 Å².